The van der Waals surface area contributed by atoms with Crippen molar-refractivity contribution in [1.82, 2.24) is 9.97 Å². The van der Waals surface area contributed by atoms with Crippen LogP contribution in [0.1, 0.15) is 28.4 Å². The van der Waals surface area contributed by atoms with Crippen molar-refractivity contribution in [2.24, 2.45) is 0 Å². The Hall–Kier alpha value is -1.00. The summed E-state index contributed by atoms with van der Waals surface area (Å²) < 4.78 is 0.804. The fourth-order valence-corrected chi connectivity index (χ4v) is 3.22. The number of H-pyrrole nitrogens is 1. The molecule has 0 amide bonds. The number of hydrogen-bond donors (Lipinski definition) is 1. The van der Waals surface area contributed by atoms with E-state index in [0.717, 1.165) is 29.7 Å². The first-order valence-electron chi connectivity index (χ1n) is 5.46. The van der Waals surface area contributed by atoms with Gasteiger partial charge in [0.15, 0.2) is 0 Å². The Balaban J connectivity index is 1.97. The second-order valence-electron chi connectivity index (χ2n) is 4.06. The maximum Gasteiger partial charge on any atom is 0.133 e. The van der Waals surface area contributed by atoms with Gasteiger partial charge in [0.2, 0.25) is 0 Å². The second kappa shape index (κ2) is 4.11. The fourth-order valence-electron chi connectivity index (χ4n) is 2.17. The van der Waals surface area contributed by atoms with Crippen molar-refractivity contribution in [2.45, 2.75) is 25.7 Å². The number of aromatic amines is 1. The van der Waals surface area contributed by atoms with Crippen LogP contribution in [-0.2, 0) is 19.3 Å². The molecular weight excluding hydrogens is 236 g/mol. The van der Waals surface area contributed by atoms with Crippen molar-refractivity contribution in [3.05, 3.63) is 44.1 Å². The van der Waals surface area contributed by atoms with Gasteiger partial charge < -0.3 is 4.98 Å². The summed E-state index contributed by atoms with van der Waals surface area (Å²) in [5.41, 5.74) is 2.58. The van der Waals surface area contributed by atoms with Gasteiger partial charge in [-0.3, -0.25) is 0 Å². The van der Waals surface area contributed by atoms with Gasteiger partial charge >= 0.3 is 0 Å². The second-order valence-corrected chi connectivity index (χ2v) is 5.47. The van der Waals surface area contributed by atoms with E-state index < -0.39 is 0 Å². The first-order chi connectivity index (χ1) is 7.83. The summed E-state index contributed by atoms with van der Waals surface area (Å²) in [6.07, 6.45) is 4.30. The van der Waals surface area contributed by atoms with E-state index >= 15 is 0 Å². The molecule has 0 aromatic carbocycles. The Bertz CT molecular complexity index is 555. The topological polar surface area (TPSA) is 28.7 Å². The molecule has 2 nitrogen and oxygen atoms in total. The van der Waals surface area contributed by atoms with E-state index in [4.69, 9.17) is 12.2 Å². The monoisotopic (exact) mass is 248 g/mol. The largest absolute Gasteiger partial charge is 0.347 e. The van der Waals surface area contributed by atoms with Crippen LogP contribution in [0.25, 0.3) is 0 Å². The molecule has 0 spiro atoms. The Labute approximate surface area is 103 Å². The molecule has 1 aliphatic rings. The number of hydrogen-bond acceptors (Lipinski definition) is 3. The standard InChI is InChI=1S/C12H12N2S2/c15-12-9-4-1-5-10(9)13-11(14-12)7-8-3-2-6-16-8/h2-3,6H,1,4-5,7H2,(H,13,14,15). The first kappa shape index (κ1) is 10.2. The van der Waals surface area contributed by atoms with Crippen LogP contribution in [-0.4, -0.2) is 9.97 Å². The molecule has 0 aliphatic heterocycles. The lowest BCUT2D eigenvalue weighted by molar-refractivity contribution is 0.887. The van der Waals surface area contributed by atoms with Crippen molar-refractivity contribution >= 4 is 23.6 Å². The third-order valence-corrected chi connectivity index (χ3v) is 4.14. The van der Waals surface area contributed by atoms with Crippen LogP contribution in [0.2, 0.25) is 0 Å². The summed E-state index contributed by atoms with van der Waals surface area (Å²) in [6, 6.07) is 4.21. The molecule has 0 saturated heterocycles. The quantitative estimate of drug-likeness (QED) is 0.826. The molecule has 1 aliphatic carbocycles. The Kier molecular flexibility index (Phi) is 2.61. The highest BCUT2D eigenvalue weighted by Crippen LogP contribution is 2.21. The number of nitrogens with one attached hydrogen (secondary N) is 1. The highest BCUT2D eigenvalue weighted by atomic mass is 32.1. The molecule has 16 heavy (non-hydrogen) atoms. The van der Waals surface area contributed by atoms with Gasteiger partial charge in [0.1, 0.15) is 10.5 Å². The summed E-state index contributed by atoms with van der Waals surface area (Å²) in [4.78, 5) is 9.25. The van der Waals surface area contributed by atoms with Crippen LogP contribution in [0.4, 0.5) is 0 Å². The number of rotatable bonds is 2. The molecular formula is C12H12N2S2. The zero-order valence-corrected chi connectivity index (χ0v) is 10.5. The minimum absolute atomic E-state index is 0.804. The Morgan fingerprint density at radius 3 is 3.19 bits per heavy atom. The van der Waals surface area contributed by atoms with E-state index in [-0.39, 0.29) is 0 Å². The molecule has 0 fully saturated rings. The smallest absolute Gasteiger partial charge is 0.133 e. The maximum absolute atomic E-state index is 5.33. The van der Waals surface area contributed by atoms with E-state index in [9.17, 15) is 0 Å². The molecule has 1 N–H and O–H groups in total. The van der Waals surface area contributed by atoms with Gasteiger partial charge in [0.05, 0.1) is 0 Å². The van der Waals surface area contributed by atoms with Crippen LogP contribution >= 0.6 is 23.6 Å². The number of aromatic nitrogens is 2. The summed E-state index contributed by atoms with van der Waals surface area (Å²) >= 11 is 7.10. The van der Waals surface area contributed by atoms with Gasteiger partial charge in [0, 0.05) is 22.6 Å². The van der Waals surface area contributed by atoms with Crippen LogP contribution in [0.15, 0.2) is 17.5 Å². The lowest BCUT2D eigenvalue weighted by Crippen LogP contribution is -2.01. The molecule has 4 heteroatoms. The molecule has 82 valence electrons. The molecule has 2 aromatic heterocycles. The predicted molar refractivity (Wildman–Crippen MR) is 68.6 cm³/mol. The van der Waals surface area contributed by atoms with Gasteiger partial charge in [-0.2, -0.15) is 0 Å². The summed E-state index contributed by atoms with van der Waals surface area (Å²) in [5.74, 6) is 1.01. The molecule has 0 radical (unpaired) electrons. The van der Waals surface area contributed by atoms with E-state index in [1.54, 1.807) is 11.3 Å². The number of aryl methyl sites for hydroxylation is 1. The normalized spacial score (nSPS) is 14.0. The fraction of sp³-hybridized carbons (Fsp3) is 0.333. The van der Waals surface area contributed by atoms with Crippen LogP contribution in [0.3, 0.4) is 0 Å². The summed E-state index contributed by atoms with van der Waals surface area (Å²) in [5, 5.41) is 2.09. The lowest BCUT2D eigenvalue weighted by atomic mass is 10.2. The molecule has 3 rings (SSSR count). The summed E-state index contributed by atoms with van der Waals surface area (Å²) in [7, 11) is 0. The predicted octanol–water partition coefficient (Wildman–Crippen LogP) is 3.28. The summed E-state index contributed by atoms with van der Waals surface area (Å²) in [6.45, 7) is 0. The molecule has 2 heterocycles. The number of thiophene rings is 1. The molecule has 2 aromatic rings. The van der Waals surface area contributed by atoms with E-state index in [1.165, 1.54) is 22.6 Å². The van der Waals surface area contributed by atoms with E-state index in [0.29, 0.717) is 0 Å². The first-order valence-corrected chi connectivity index (χ1v) is 6.75. The minimum atomic E-state index is 0.804. The van der Waals surface area contributed by atoms with Gasteiger partial charge in [-0.05, 0) is 30.7 Å². The van der Waals surface area contributed by atoms with Gasteiger partial charge in [0.25, 0.3) is 0 Å². The van der Waals surface area contributed by atoms with Crippen molar-refractivity contribution in [3.63, 3.8) is 0 Å². The third-order valence-electron chi connectivity index (χ3n) is 2.93. The zero-order valence-electron chi connectivity index (χ0n) is 8.82. The number of fused-ring (bicyclic) bond motifs is 1. The molecule has 0 unspecified atom stereocenters. The van der Waals surface area contributed by atoms with Crippen LogP contribution in [0, 0.1) is 4.64 Å². The van der Waals surface area contributed by atoms with Crippen molar-refractivity contribution < 1.29 is 0 Å². The van der Waals surface area contributed by atoms with Gasteiger partial charge in [-0.1, -0.05) is 18.3 Å². The van der Waals surface area contributed by atoms with Crippen LogP contribution in [0.5, 0.6) is 0 Å². The maximum atomic E-state index is 5.33. The van der Waals surface area contributed by atoms with Crippen molar-refractivity contribution in [3.8, 4) is 0 Å². The highest BCUT2D eigenvalue weighted by Gasteiger charge is 2.14. The Morgan fingerprint density at radius 1 is 1.44 bits per heavy atom. The average molecular weight is 248 g/mol. The number of nitrogens with zero attached hydrogens (tertiary/aromatic N) is 1. The van der Waals surface area contributed by atoms with Crippen molar-refractivity contribution in [2.75, 3.05) is 0 Å². The van der Waals surface area contributed by atoms with E-state index in [2.05, 4.69) is 27.5 Å². The molecule has 0 saturated carbocycles. The average Bonchev–Trinajstić information content (AvgIpc) is 2.87. The zero-order chi connectivity index (χ0) is 11.0. The van der Waals surface area contributed by atoms with Crippen molar-refractivity contribution in [1.29, 1.82) is 0 Å². The molecule has 0 bridgehead atoms. The van der Waals surface area contributed by atoms with Gasteiger partial charge in [-0.25, -0.2) is 4.98 Å². The van der Waals surface area contributed by atoms with Gasteiger partial charge in [-0.15, -0.1) is 11.3 Å². The van der Waals surface area contributed by atoms with Crippen LogP contribution < -0.4 is 0 Å². The minimum Gasteiger partial charge on any atom is -0.347 e. The highest BCUT2D eigenvalue weighted by molar-refractivity contribution is 7.71. The third kappa shape index (κ3) is 1.83. The SMILES string of the molecule is S=c1nc(Cc2cccs2)[nH]c2c1CCC2. The lowest BCUT2D eigenvalue weighted by Gasteiger charge is -2.04. The van der Waals surface area contributed by atoms with E-state index in [1.807, 2.05) is 0 Å². The Morgan fingerprint density at radius 2 is 2.38 bits per heavy atom. The molecule has 0 atom stereocenters.